The fourth-order valence-electron chi connectivity index (χ4n) is 2.24. The molecule has 0 N–H and O–H groups in total. The first-order valence-electron chi connectivity index (χ1n) is 5.42. The van der Waals surface area contributed by atoms with Crippen LogP contribution in [0.5, 0.6) is 0 Å². The normalized spacial score (nSPS) is 20.8. The molecule has 0 heterocycles. The van der Waals surface area contributed by atoms with Crippen LogP contribution in [-0.2, 0) is 14.2 Å². The van der Waals surface area contributed by atoms with Crippen molar-refractivity contribution in [2.24, 2.45) is 0 Å². The van der Waals surface area contributed by atoms with Crippen molar-refractivity contribution in [1.29, 1.82) is 0 Å². The van der Waals surface area contributed by atoms with Gasteiger partial charge in [0, 0.05) is 21.3 Å². The molecule has 0 atom stereocenters. The highest BCUT2D eigenvalue weighted by Crippen LogP contribution is 2.31. The van der Waals surface area contributed by atoms with Crippen LogP contribution in [0.25, 0.3) is 0 Å². The van der Waals surface area contributed by atoms with Gasteiger partial charge < -0.3 is 14.2 Å². The van der Waals surface area contributed by atoms with Crippen molar-refractivity contribution in [1.82, 2.24) is 0 Å². The minimum Gasteiger partial charge on any atom is -0.335 e. The molecular formula is C10H22O3Si. The molecule has 0 bridgehead atoms. The molecule has 3 nitrogen and oxygen atoms in total. The number of methoxy groups -OCH3 is 3. The SMILES string of the molecule is COC(OC)(OC)[SiH2]C1CCCCC1. The number of ether oxygens (including phenoxy) is 3. The molecule has 14 heavy (non-hydrogen) atoms. The molecule has 84 valence electrons. The van der Waals surface area contributed by atoms with E-state index in [1.165, 1.54) is 32.1 Å². The highest BCUT2D eigenvalue weighted by atomic mass is 28.2. The Morgan fingerprint density at radius 2 is 1.43 bits per heavy atom. The Kier molecular flexibility index (Phi) is 5.09. The van der Waals surface area contributed by atoms with Crippen molar-refractivity contribution in [3.63, 3.8) is 0 Å². The fraction of sp³-hybridized carbons (Fsp3) is 1.00. The smallest absolute Gasteiger partial charge is 0.248 e. The summed E-state index contributed by atoms with van der Waals surface area (Å²) in [6.07, 6.45) is 6.80. The summed E-state index contributed by atoms with van der Waals surface area (Å²) in [5.41, 5.74) is 0.144. The van der Waals surface area contributed by atoms with Crippen molar-refractivity contribution < 1.29 is 14.2 Å². The van der Waals surface area contributed by atoms with Gasteiger partial charge in [-0.3, -0.25) is 0 Å². The zero-order chi connectivity index (χ0) is 10.4. The van der Waals surface area contributed by atoms with E-state index in [-0.39, 0.29) is 0 Å². The Hall–Kier alpha value is 0.0969. The molecular weight excluding hydrogens is 196 g/mol. The minimum atomic E-state index is -0.679. The lowest BCUT2D eigenvalue weighted by Crippen LogP contribution is -2.44. The highest BCUT2D eigenvalue weighted by Gasteiger charge is 2.33. The van der Waals surface area contributed by atoms with Gasteiger partial charge in [-0.2, -0.15) is 0 Å². The predicted octanol–water partition coefficient (Wildman–Crippen LogP) is 1.46. The van der Waals surface area contributed by atoms with Crippen molar-refractivity contribution in [3.05, 3.63) is 0 Å². The average molecular weight is 218 g/mol. The number of hydrogen-bond donors (Lipinski definition) is 0. The summed E-state index contributed by atoms with van der Waals surface area (Å²) in [4.78, 5) is 0. The summed E-state index contributed by atoms with van der Waals surface area (Å²) >= 11 is 0. The second-order valence-electron chi connectivity index (χ2n) is 4.00. The van der Waals surface area contributed by atoms with E-state index in [0.717, 1.165) is 5.54 Å². The maximum absolute atomic E-state index is 5.36. The molecule has 0 spiro atoms. The molecule has 1 aliphatic rings. The zero-order valence-corrected chi connectivity index (χ0v) is 11.0. The molecule has 0 aliphatic heterocycles. The lowest BCUT2D eigenvalue weighted by atomic mass is 10.0. The lowest BCUT2D eigenvalue weighted by molar-refractivity contribution is -0.295. The average Bonchev–Trinajstić information content (AvgIpc) is 2.28. The third-order valence-electron chi connectivity index (χ3n) is 3.20. The third kappa shape index (κ3) is 3.05. The van der Waals surface area contributed by atoms with Crippen molar-refractivity contribution >= 4 is 9.52 Å². The predicted molar refractivity (Wildman–Crippen MR) is 59.1 cm³/mol. The Morgan fingerprint density at radius 1 is 0.929 bits per heavy atom. The molecule has 0 saturated heterocycles. The Morgan fingerprint density at radius 3 is 1.86 bits per heavy atom. The van der Waals surface area contributed by atoms with E-state index in [9.17, 15) is 0 Å². The molecule has 0 aromatic rings. The van der Waals surface area contributed by atoms with Crippen LogP contribution >= 0.6 is 0 Å². The van der Waals surface area contributed by atoms with Crippen LogP contribution in [-0.4, -0.2) is 36.4 Å². The molecule has 1 saturated carbocycles. The first kappa shape index (κ1) is 12.2. The maximum Gasteiger partial charge on any atom is 0.248 e. The van der Waals surface area contributed by atoms with Crippen LogP contribution in [0.15, 0.2) is 0 Å². The monoisotopic (exact) mass is 218 g/mol. The molecule has 0 amide bonds. The Bertz CT molecular complexity index is 145. The van der Waals surface area contributed by atoms with E-state index in [4.69, 9.17) is 14.2 Å². The van der Waals surface area contributed by atoms with Crippen LogP contribution in [0.3, 0.4) is 0 Å². The third-order valence-corrected chi connectivity index (χ3v) is 5.96. The molecule has 0 radical (unpaired) electrons. The maximum atomic E-state index is 5.36. The van der Waals surface area contributed by atoms with Crippen molar-refractivity contribution in [3.8, 4) is 0 Å². The topological polar surface area (TPSA) is 27.7 Å². The Balaban J connectivity index is 2.44. The van der Waals surface area contributed by atoms with Crippen LogP contribution in [0.2, 0.25) is 5.54 Å². The quantitative estimate of drug-likeness (QED) is 0.516. The van der Waals surface area contributed by atoms with Crippen LogP contribution < -0.4 is 0 Å². The molecule has 1 rings (SSSR count). The summed E-state index contributed by atoms with van der Waals surface area (Å²) in [6.45, 7) is 0. The fourth-order valence-corrected chi connectivity index (χ4v) is 4.44. The van der Waals surface area contributed by atoms with Gasteiger partial charge in [0.15, 0.2) is 0 Å². The minimum absolute atomic E-state index is 0.494. The van der Waals surface area contributed by atoms with Gasteiger partial charge in [0.1, 0.15) is 9.52 Å². The first-order valence-corrected chi connectivity index (χ1v) is 6.94. The number of rotatable bonds is 5. The largest absolute Gasteiger partial charge is 0.335 e. The van der Waals surface area contributed by atoms with Gasteiger partial charge in [-0.05, 0) is 5.54 Å². The van der Waals surface area contributed by atoms with Gasteiger partial charge in [-0.15, -0.1) is 0 Å². The van der Waals surface area contributed by atoms with E-state index < -0.39 is 15.1 Å². The van der Waals surface area contributed by atoms with Crippen molar-refractivity contribution in [2.45, 2.75) is 43.2 Å². The second-order valence-corrected chi connectivity index (χ2v) is 6.43. The lowest BCUT2D eigenvalue weighted by Gasteiger charge is -2.33. The van der Waals surface area contributed by atoms with Gasteiger partial charge in [-0.1, -0.05) is 32.1 Å². The standard InChI is InChI=1S/C10H22O3Si/c1-11-10(12-2,13-3)14-9-7-5-4-6-8-9/h9H,4-8,14H2,1-3H3. The van der Waals surface area contributed by atoms with Crippen LogP contribution in [0.4, 0.5) is 0 Å². The molecule has 1 aliphatic carbocycles. The molecule has 4 heteroatoms. The van der Waals surface area contributed by atoms with Gasteiger partial charge in [-0.25, -0.2) is 0 Å². The summed E-state index contributed by atoms with van der Waals surface area (Å²) in [6, 6.07) is 0. The summed E-state index contributed by atoms with van der Waals surface area (Å²) in [5.74, 6) is 0. The molecule has 0 aromatic heterocycles. The van der Waals surface area contributed by atoms with E-state index in [0.29, 0.717) is 0 Å². The van der Waals surface area contributed by atoms with Crippen LogP contribution in [0, 0.1) is 0 Å². The van der Waals surface area contributed by atoms with E-state index in [1.54, 1.807) is 21.3 Å². The molecule has 0 aromatic carbocycles. The van der Waals surface area contributed by atoms with Gasteiger partial charge >= 0.3 is 0 Å². The highest BCUT2D eigenvalue weighted by molar-refractivity contribution is 6.40. The molecule has 1 fully saturated rings. The number of hydrogen-bond acceptors (Lipinski definition) is 3. The first-order chi connectivity index (χ1) is 6.76. The summed E-state index contributed by atoms with van der Waals surface area (Å²) in [7, 11) is 4.51. The Labute approximate surface area is 88.9 Å². The second kappa shape index (κ2) is 5.85. The molecule has 0 unspecified atom stereocenters. The zero-order valence-electron chi connectivity index (χ0n) is 9.54. The van der Waals surface area contributed by atoms with E-state index in [2.05, 4.69) is 0 Å². The van der Waals surface area contributed by atoms with E-state index in [1.807, 2.05) is 0 Å². The van der Waals surface area contributed by atoms with Gasteiger partial charge in [0.05, 0.1) is 0 Å². The summed E-state index contributed by atoms with van der Waals surface area (Å²) < 4.78 is 16.1. The van der Waals surface area contributed by atoms with E-state index >= 15 is 0 Å². The van der Waals surface area contributed by atoms with Gasteiger partial charge in [0.25, 0.3) is 0 Å². The van der Waals surface area contributed by atoms with Crippen molar-refractivity contribution in [2.75, 3.05) is 21.3 Å². The van der Waals surface area contributed by atoms with Gasteiger partial charge in [0.2, 0.25) is 5.60 Å². The van der Waals surface area contributed by atoms with Crippen LogP contribution in [0.1, 0.15) is 32.1 Å². The summed E-state index contributed by atoms with van der Waals surface area (Å²) in [5, 5.41) is 0.